The molecular weight excluding hydrogens is 232 g/mol. The molecule has 0 aliphatic carbocycles. The Bertz CT molecular complexity index is 601. The number of aromatic nitrogens is 1. The van der Waals surface area contributed by atoms with Crippen LogP contribution in [0.4, 0.5) is 0 Å². The van der Waals surface area contributed by atoms with Gasteiger partial charge in [-0.05, 0) is 11.6 Å². The predicted octanol–water partition coefficient (Wildman–Crippen LogP) is 1.14. The van der Waals surface area contributed by atoms with Gasteiger partial charge in [-0.2, -0.15) is 0 Å². The van der Waals surface area contributed by atoms with Gasteiger partial charge in [-0.1, -0.05) is 18.2 Å². The van der Waals surface area contributed by atoms with Gasteiger partial charge < -0.3 is 15.4 Å². The number of amides is 1. The van der Waals surface area contributed by atoms with E-state index >= 15 is 0 Å². The zero-order valence-electron chi connectivity index (χ0n) is 9.80. The summed E-state index contributed by atoms with van der Waals surface area (Å²) < 4.78 is 1.87. The number of aryl methyl sites for hydroxylation is 1. The van der Waals surface area contributed by atoms with Crippen LogP contribution in [0.2, 0.25) is 0 Å². The van der Waals surface area contributed by atoms with Crippen molar-refractivity contribution in [1.82, 2.24) is 4.57 Å². The number of para-hydroxylation sites is 1. The third-order valence-electron chi connectivity index (χ3n) is 2.81. The Morgan fingerprint density at radius 2 is 2.00 bits per heavy atom. The second kappa shape index (κ2) is 4.91. The molecule has 0 bridgehead atoms. The van der Waals surface area contributed by atoms with Gasteiger partial charge in [0, 0.05) is 30.1 Å². The van der Waals surface area contributed by atoms with Gasteiger partial charge in [0.05, 0.1) is 6.42 Å². The van der Waals surface area contributed by atoms with Crippen molar-refractivity contribution in [3.8, 4) is 0 Å². The van der Waals surface area contributed by atoms with Crippen LogP contribution in [0.1, 0.15) is 12.0 Å². The topological polar surface area (TPSA) is 85.3 Å². The molecule has 0 spiro atoms. The summed E-state index contributed by atoms with van der Waals surface area (Å²) in [5, 5.41) is 9.78. The molecule has 5 heteroatoms. The summed E-state index contributed by atoms with van der Waals surface area (Å²) in [6.07, 6.45) is 2.00. The summed E-state index contributed by atoms with van der Waals surface area (Å²) >= 11 is 0. The number of carbonyl (C=O) groups excluding carboxylic acids is 1. The van der Waals surface area contributed by atoms with Gasteiger partial charge in [0.25, 0.3) is 0 Å². The van der Waals surface area contributed by atoms with Gasteiger partial charge >= 0.3 is 5.97 Å². The lowest BCUT2D eigenvalue weighted by molar-refractivity contribution is -0.136. The maximum Gasteiger partial charge on any atom is 0.307 e. The minimum atomic E-state index is -0.868. The molecule has 3 N–H and O–H groups in total. The van der Waals surface area contributed by atoms with Crippen LogP contribution in [0.3, 0.4) is 0 Å². The molecule has 2 aromatic rings. The zero-order chi connectivity index (χ0) is 13.1. The predicted molar refractivity (Wildman–Crippen MR) is 67.1 cm³/mol. The number of carboxylic acids is 1. The summed E-state index contributed by atoms with van der Waals surface area (Å²) in [6.45, 7) is 0.468. The quantitative estimate of drug-likeness (QED) is 0.829. The summed E-state index contributed by atoms with van der Waals surface area (Å²) in [4.78, 5) is 21.6. The summed E-state index contributed by atoms with van der Waals surface area (Å²) in [6, 6.07) is 7.54. The highest BCUT2D eigenvalue weighted by Crippen LogP contribution is 2.22. The van der Waals surface area contributed by atoms with E-state index in [9.17, 15) is 9.59 Å². The van der Waals surface area contributed by atoms with Gasteiger partial charge in [-0.25, -0.2) is 0 Å². The lowest BCUT2D eigenvalue weighted by Crippen LogP contribution is -2.13. The number of nitrogens with zero attached hydrogens (tertiary/aromatic N) is 1. The fourth-order valence-electron chi connectivity index (χ4n) is 2.04. The number of rotatable bonds is 5. The first-order chi connectivity index (χ1) is 8.58. The summed E-state index contributed by atoms with van der Waals surface area (Å²) in [5.41, 5.74) is 6.80. The Labute approximate surface area is 104 Å². The first kappa shape index (κ1) is 12.2. The second-order valence-electron chi connectivity index (χ2n) is 4.15. The molecule has 18 heavy (non-hydrogen) atoms. The molecule has 0 saturated heterocycles. The normalized spacial score (nSPS) is 10.7. The van der Waals surface area contributed by atoms with Crippen molar-refractivity contribution in [2.45, 2.75) is 19.4 Å². The smallest absolute Gasteiger partial charge is 0.307 e. The van der Waals surface area contributed by atoms with E-state index in [1.54, 1.807) is 6.20 Å². The third kappa shape index (κ3) is 2.51. The Morgan fingerprint density at radius 3 is 2.67 bits per heavy atom. The van der Waals surface area contributed by atoms with Crippen LogP contribution in [-0.4, -0.2) is 21.6 Å². The Morgan fingerprint density at radius 1 is 1.28 bits per heavy atom. The highest BCUT2D eigenvalue weighted by Gasteiger charge is 2.11. The molecule has 1 aromatic heterocycles. The monoisotopic (exact) mass is 246 g/mol. The maximum absolute atomic E-state index is 10.8. The standard InChI is InChI=1S/C13H14N2O3/c14-12(16)5-6-15-8-9(7-13(17)18)10-3-1-2-4-11(10)15/h1-4,8H,5-7H2,(H2,14,16)(H,17,18). The van der Waals surface area contributed by atoms with Crippen LogP contribution in [0, 0.1) is 0 Å². The molecule has 94 valence electrons. The fourth-order valence-corrected chi connectivity index (χ4v) is 2.04. The van der Waals surface area contributed by atoms with E-state index in [-0.39, 0.29) is 18.7 Å². The molecule has 0 fully saturated rings. The van der Waals surface area contributed by atoms with Gasteiger partial charge in [0.2, 0.25) is 5.91 Å². The number of hydrogen-bond acceptors (Lipinski definition) is 2. The largest absolute Gasteiger partial charge is 0.481 e. The van der Waals surface area contributed by atoms with Gasteiger partial charge in [0.15, 0.2) is 0 Å². The maximum atomic E-state index is 10.8. The SMILES string of the molecule is NC(=O)CCn1cc(CC(=O)O)c2ccccc21. The Balaban J connectivity index is 2.40. The van der Waals surface area contributed by atoms with Crippen LogP contribution < -0.4 is 5.73 Å². The molecule has 2 rings (SSSR count). The highest BCUT2D eigenvalue weighted by atomic mass is 16.4. The van der Waals surface area contributed by atoms with Gasteiger partial charge in [-0.3, -0.25) is 9.59 Å². The third-order valence-corrected chi connectivity index (χ3v) is 2.81. The van der Waals surface area contributed by atoms with Crippen LogP contribution in [0.25, 0.3) is 10.9 Å². The highest BCUT2D eigenvalue weighted by molar-refractivity contribution is 5.87. The van der Waals surface area contributed by atoms with Crippen LogP contribution in [-0.2, 0) is 22.6 Å². The molecule has 1 aromatic carbocycles. The second-order valence-corrected chi connectivity index (χ2v) is 4.15. The average molecular weight is 246 g/mol. The van der Waals surface area contributed by atoms with E-state index in [1.165, 1.54) is 0 Å². The van der Waals surface area contributed by atoms with Crippen LogP contribution >= 0.6 is 0 Å². The molecule has 5 nitrogen and oxygen atoms in total. The first-order valence-corrected chi connectivity index (χ1v) is 5.65. The molecule has 1 amide bonds. The lowest BCUT2D eigenvalue weighted by atomic mass is 10.1. The number of hydrogen-bond donors (Lipinski definition) is 2. The average Bonchev–Trinajstić information content (AvgIpc) is 2.65. The van der Waals surface area contributed by atoms with Crippen molar-refractivity contribution in [2.24, 2.45) is 5.73 Å². The minimum absolute atomic E-state index is 0.0237. The van der Waals surface area contributed by atoms with E-state index in [2.05, 4.69) is 0 Å². The van der Waals surface area contributed by atoms with Crippen molar-refractivity contribution in [3.05, 3.63) is 36.0 Å². The van der Waals surface area contributed by atoms with Crippen molar-refractivity contribution in [2.75, 3.05) is 0 Å². The Hall–Kier alpha value is -2.30. The molecular formula is C13H14N2O3. The van der Waals surface area contributed by atoms with Crippen molar-refractivity contribution < 1.29 is 14.7 Å². The van der Waals surface area contributed by atoms with Gasteiger partial charge in [-0.15, -0.1) is 0 Å². The van der Waals surface area contributed by atoms with Crippen molar-refractivity contribution >= 4 is 22.8 Å². The first-order valence-electron chi connectivity index (χ1n) is 5.65. The van der Waals surface area contributed by atoms with Gasteiger partial charge in [0.1, 0.15) is 0 Å². The molecule has 0 aliphatic rings. The Kier molecular flexibility index (Phi) is 3.32. The number of carbonyl (C=O) groups is 2. The molecule has 0 atom stereocenters. The summed E-state index contributed by atoms with van der Waals surface area (Å²) in [5.74, 6) is -1.24. The fraction of sp³-hybridized carbons (Fsp3) is 0.231. The molecule has 0 saturated carbocycles. The number of nitrogens with two attached hydrogens (primary N) is 1. The van der Waals surface area contributed by atoms with E-state index in [1.807, 2.05) is 28.8 Å². The zero-order valence-corrected chi connectivity index (χ0v) is 9.80. The number of aliphatic carboxylic acids is 1. The molecule has 0 unspecified atom stereocenters. The van der Waals surface area contributed by atoms with Crippen LogP contribution in [0.15, 0.2) is 30.5 Å². The number of primary amides is 1. The lowest BCUT2D eigenvalue weighted by Gasteiger charge is -2.02. The van der Waals surface area contributed by atoms with E-state index in [0.29, 0.717) is 6.54 Å². The van der Waals surface area contributed by atoms with Crippen molar-refractivity contribution in [1.29, 1.82) is 0 Å². The van der Waals surface area contributed by atoms with Crippen LogP contribution in [0.5, 0.6) is 0 Å². The minimum Gasteiger partial charge on any atom is -0.481 e. The van der Waals surface area contributed by atoms with E-state index in [4.69, 9.17) is 10.8 Å². The van der Waals surface area contributed by atoms with E-state index < -0.39 is 5.97 Å². The molecule has 1 heterocycles. The number of carboxylic acid groups (broad SMARTS) is 1. The van der Waals surface area contributed by atoms with Crippen molar-refractivity contribution in [3.63, 3.8) is 0 Å². The molecule has 0 radical (unpaired) electrons. The number of benzene rings is 1. The van der Waals surface area contributed by atoms with E-state index in [0.717, 1.165) is 16.5 Å². The summed E-state index contributed by atoms with van der Waals surface area (Å²) in [7, 11) is 0. The molecule has 0 aliphatic heterocycles. The number of fused-ring (bicyclic) bond motifs is 1.